The smallest absolute Gasteiger partial charge is 0.907 e. The van der Waals surface area contributed by atoms with E-state index in [4.69, 9.17) is 45.2 Å². The molecule has 50 heavy (non-hydrogen) atoms. The van der Waals surface area contributed by atoms with Crippen LogP contribution in [0.25, 0.3) is 0 Å². The van der Waals surface area contributed by atoms with E-state index < -0.39 is 76.3 Å². The third kappa shape index (κ3) is 86.0. The Hall–Kier alpha value is 6.01. The van der Waals surface area contributed by atoms with Gasteiger partial charge in [-0.05, 0) is 0 Å². The Morgan fingerprint density at radius 3 is 0.340 bits per heavy atom. The van der Waals surface area contributed by atoms with Crippen molar-refractivity contribution in [1.82, 2.24) is 0 Å². The van der Waals surface area contributed by atoms with Gasteiger partial charge in [0, 0.05) is 0 Å². The fourth-order valence-electron chi connectivity index (χ4n) is 1.04. The predicted molar refractivity (Wildman–Crippen MR) is 101 cm³/mol. The van der Waals surface area contributed by atoms with Gasteiger partial charge in [0.25, 0.3) is 0 Å². The molecule has 266 valence electrons. The topological polar surface area (TPSA) is 660 Å². The first-order chi connectivity index (χ1) is 15.4. The van der Waals surface area contributed by atoms with E-state index in [2.05, 4.69) is 24.7 Å². The first-order valence-electron chi connectivity index (χ1n) is 7.02. The SMILES string of the molecule is [Al+3].[Al+3].[Al+3].[Al+3].[Al+3].[Al+3].[Fe+2].[Fe+2].[Fe+2].[Na+].[O-]B([O-])[O-].[O-]B([O-])[O-].[O-]B([O-])[O-].[O-][Si]1([O-])O[Si]([O-])([O-])O[Si]([O-])([O-])O[Si]([O-])([O-])O[Si]([O-])([O-])O[Si]([O-])([O-])O1.[OH-].[OH-].[OH-].[OH-]. The molecule has 50 heteroatoms. The molecule has 0 radical (unpaired) electrons. The molecule has 0 unspecified atom stereocenters. The zero-order valence-electron chi connectivity index (χ0n) is 23.1. The van der Waals surface area contributed by atoms with Crippen molar-refractivity contribution in [2.45, 2.75) is 0 Å². The van der Waals surface area contributed by atoms with Gasteiger partial charge in [0.1, 0.15) is 54.3 Å². The van der Waals surface area contributed by atoms with Crippen molar-refractivity contribution in [2.75, 3.05) is 0 Å². The summed E-state index contributed by atoms with van der Waals surface area (Å²) in [5.41, 5.74) is 0. The van der Waals surface area contributed by atoms with Gasteiger partial charge in [-0.1, -0.05) is 0 Å². The molecule has 0 spiro atoms. The molecular weight excluding hydrogens is 1050 g/mol. The zero-order chi connectivity index (χ0) is 30.0. The molecule has 1 fully saturated rings. The summed E-state index contributed by atoms with van der Waals surface area (Å²) in [4.78, 5) is 132. The minimum Gasteiger partial charge on any atom is -0.907 e. The third-order valence-corrected chi connectivity index (χ3v) is 13.5. The van der Waals surface area contributed by atoms with Gasteiger partial charge in [0.05, 0.1) is 0 Å². The maximum absolute atomic E-state index is 11.0. The molecular formula is H4Al6B3Fe3NaO31Si6. The van der Waals surface area contributed by atoms with Crippen molar-refractivity contribution in [3.63, 3.8) is 0 Å². The Bertz CT molecular complexity index is 482. The maximum atomic E-state index is 11.0. The summed E-state index contributed by atoms with van der Waals surface area (Å²) in [5, 5.41) is 75.8. The molecule has 0 aromatic rings. The van der Waals surface area contributed by atoms with E-state index in [1.54, 1.807) is 0 Å². The van der Waals surface area contributed by atoms with Gasteiger partial charge in [-0.3, -0.25) is 22.0 Å². The Balaban J connectivity index is -0.0000000246. The molecule has 0 aromatic carbocycles. The second-order valence-electron chi connectivity index (χ2n) is 4.48. The van der Waals surface area contributed by atoms with E-state index >= 15 is 0 Å². The largest absolute Gasteiger partial charge is 3.00 e. The molecule has 0 bridgehead atoms. The Kier molecular flexibility index (Phi) is 110. The van der Waals surface area contributed by atoms with Crippen molar-refractivity contribution >= 4 is 180 Å². The Morgan fingerprint density at radius 2 is 0.300 bits per heavy atom. The maximum Gasteiger partial charge on any atom is 3.00 e. The summed E-state index contributed by atoms with van der Waals surface area (Å²) < 4.78 is 18.0. The van der Waals surface area contributed by atoms with Crippen LogP contribution < -0.4 is 132 Å². The van der Waals surface area contributed by atoms with Crippen LogP contribution in [-0.2, 0) is 75.9 Å². The van der Waals surface area contributed by atoms with E-state index in [9.17, 15) is 57.5 Å². The number of rotatable bonds is 0. The third-order valence-electron chi connectivity index (χ3n) is 1.50. The molecule has 1 aliphatic heterocycles. The second-order valence-corrected chi connectivity index (χ2v) is 15.4. The van der Waals surface area contributed by atoms with Gasteiger partial charge in [-0.25, -0.2) is 0 Å². The normalized spacial score (nSPS) is 16.7. The quantitative estimate of drug-likeness (QED) is 0.203. The van der Waals surface area contributed by atoms with Crippen LogP contribution in [0.5, 0.6) is 0 Å². The van der Waals surface area contributed by atoms with Gasteiger partial charge < -0.3 is 149 Å². The standard InChI is InChI=1S/6Al.3BO3.3Fe.Na.O18Si6.4H2O/c;;;;;;3*2-1(3)4;;;;;1-19(2)13-20(3,4)15-22(7,8)17-24(11,12)18-23(9,10)16-21(5,6)14-19;;;;/h;;;;;;;;;;;;;;4*1H2/q6*+3;3*-3;3*+2;+1;-12;;;;/p-4. The molecule has 0 atom stereocenters. The molecule has 1 aliphatic rings. The summed E-state index contributed by atoms with van der Waals surface area (Å²) in [6, 6.07) is 0. The monoisotopic (exact) mass is 1050 g/mol. The van der Waals surface area contributed by atoms with Crippen molar-refractivity contribution in [2.24, 2.45) is 0 Å². The van der Waals surface area contributed by atoms with Gasteiger partial charge >= 0.3 is 185 Å². The van der Waals surface area contributed by atoms with Crippen LogP contribution >= 0.6 is 0 Å². The van der Waals surface area contributed by atoms with E-state index in [1.807, 2.05) is 0 Å². The van der Waals surface area contributed by atoms with Gasteiger partial charge in [-0.15, -0.1) is 0 Å². The van der Waals surface area contributed by atoms with Crippen molar-refractivity contribution < 1.29 is 230 Å². The summed E-state index contributed by atoms with van der Waals surface area (Å²) in [6.45, 7) is 0. The Morgan fingerprint density at radius 1 is 0.260 bits per heavy atom. The van der Waals surface area contributed by atoms with E-state index in [0.29, 0.717) is 0 Å². The van der Waals surface area contributed by atoms with Crippen molar-refractivity contribution in [1.29, 1.82) is 0 Å². The van der Waals surface area contributed by atoms with Crippen LogP contribution in [0.15, 0.2) is 0 Å². The van der Waals surface area contributed by atoms with Gasteiger partial charge in [-0.2, -0.15) is 0 Å². The second kappa shape index (κ2) is 49.4. The average molecular weight is 1050 g/mol. The Labute approximate surface area is 405 Å². The fourth-order valence-corrected chi connectivity index (χ4v) is 11.6. The first-order valence-corrected chi connectivity index (χ1v) is 16.8. The molecule has 1 rings (SSSR count). The van der Waals surface area contributed by atoms with E-state index in [-0.39, 0.29) is 207 Å². The molecule has 0 saturated carbocycles. The minimum atomic E-state index is -6.84. The van der Waals surface area contributed by atoms with Crippen LogP contribution in [0, 0.1) is 0 Å². The minimum absolute atomic E-state index is 0. The molecule has 0 aliphatic carbocycles. The molecule has 1 heterocycles. The predicted octanol–water partition coefficient (Wildman–Crippen LogP) is -34.8. The molecule has 1 saturated heterocycles. The van der Waals surface area contributed by atoms with Crippen molar-refractivity contribution in [3.05, 3.63) is 0 Å². The van der Waals surface area contributed by atoms with Crippen LogP contribution in [-0.4, -0.2) is 202 Å². The van der Waals surface area contributed by atoms with Crippen molar-refractivity contribution in [3.8, 4) is 0 Å². The fraction of sp³-hybridized carbons (Fsp3) is 0. The van der Waals surface area contributed by atoms with Crippen LogP contribution in [0.1, 0.15) is 0 Å². The zero-order valence-corrected chi connectivity index (χ0v) is 41.3. The summed E-state index contributed by atoms with van der Waals surface area (Å²) >= 11 is 0. The van der Waals surface area contributed by atoms with Crippen LogP contribution in [0.3, 0.4) is 0 Å². The van der Waals surface area contributed by atoms with Gasteiger partial charge in [0.15, 0.2) is 0 Å². The number of hydrogen-bond donors (Lipinski definition) is 0. The van der Waals surface area contributed by atoms with Crippen LogP contribution in [0.2, 0.25) is 0 Å². The number of hydrogen-bond acceptors (Lipinski definition) is 31. The molecule has 31 nitrogen and oxygen atoms in total. The summed E-state index contributed by atoms with van der Waals surface area (Å²) in [6.07, 6.45) is 0. The summed E-state index contributed by atoms with van der Waals surface area (Å²) in [5.74, 6) is 0. The molecule has 0 amide bonds. The van der Waals surface area contributed by atoms with E-state index in [1.165, 1.54) is 0 Å². The molecule has 4 N–H and O–H groups in total. The summed E-state index contributed by atoms with van der Waals surface area (Å²) in [7, 11) is -49.8. The average Bonchev–Trinajstić information content (AvgIpc) is 2.33. The van der Waals surface area contributed by atoms with E-state index in [0.717, 1.165) is 0 Å². The first kappa shape index (κ1) is 111. The van der Waals surface area contributed by atoms with Gasteiger partial charge in [0.2, 0.25) is 0 Å². The molecule has 0 aromatic heterocycles. The van der Waals surface area contributed by atoms with Crippen LogP contribution in [0.4, 0.5) is 0 Å².